The van der Waals surface area contributed by atoms with Crippen LogP contribution in [-0.2, 0) is 11.2 Å². The van der Waals surface area contributed by atoms with Crippen molar-refractivity contribution in [3.05, 3.63) is 40.9 Å². The molecular weight excluding hydrogens is 326 g/mol. The Kier molecular flexibility index (Phi) is 5.67. The normalized spacial score (nSPS) is 15.8. The lowest BCUT2D eigenvalue weighted by molar-refractivity contribution is -0.129. The number of piperidine rings is 1. The van der Waals surface area contributed by atoms with Gasteiger partial charge in [0.15, 0.2) is 4.34 Å². The average molecular weight is 348 g/mol. The van der Waals surface area contributed by atoms with Gasteiger partial charge in [-0.1, -0.05) is 53.4 Å². The monoisotopic (exact) mass is 347 g/mol. The van der Waals surface area contributed by atoms with Crippen molar-refractivity contribution in [3.8, 4) is 0 Å². The molecule has 3 rings (SSSR count). The first-order valence-corrected chi connectivity index (χ1v) is 9.75. The maximum atomic E-state index is 12.3. The van der Waals surface area contributed by atoms with Crippen LogP contribution >= 0.6 is 23.1 Å². The molecule has 0 bridgehead atoms. The standard InChI is InChI=1S/C17H21N3OS2/c1-13-18-19-17(23-13)22-12-16(21)20-9-7-15(8-10-20)11-14-5-3-2-4-6-14/h2-6,15H,7-12H2,1H3. The quantitative estimate of drug-likeness (QED) is 0.778. The Hall–Kier alpha value is -1.40. The molecule has 0 unspecified atom stereocenters. The Balaban J connectivity index is 1.42. The fourth-order valence-electron chi connectivity index (χ4n) is 2.89. The summed E-state index contributed by atoms with van der Waals surface area (Å²) in [4.78, 5) is 14.3. The van der Waals surface area contributed by atoms with Crippen molar-refractivity contribution in [1.82, 2.24) is 15.1 Å². The van der Waals surface area contributed by atoms with Gasteiger partial charge in [0.05, 0.1) is 5.75 Å². The molecule has 0 spiro atoms. The molecule has 1 aliphatic rings. The third-order valence-electron chi connectivity index (χ3n) is 4.16. The van der Waals surface area contributed by atoms with E-state index < -0.39 is 0 Å². The smallest absolute Gasteiger partial charge is 0.233 e. The Bertz CT molecular complexity index is 636. The van der Waals surface area contributed by atoms with Crippen molar-refractivity contribution in [3.63, 3.8) is 0 Å². The van der Waals surface area contributed by atoms with E-state index in [0.717, 1.165) is 41.7 Å². The van der Waals surface area contributed by atoms with Crippen LogP contribution in [0.15, 0.2) is 34.7 Å². The molecule has 0 radical (unpaired) electrons. The maximum Gasteiger partial charge on any atom is 0.233 e. The van der Waals surface area contributed by atoms with Crippen LogP contribution < -0.4 is 0 Å². The third-order valence-corrected chi connectivity index (χ3v) is 6.12. The fourth-order valence-corrected chi connectivity index (χ4v) is 4.60. The number of aryl methyl sites for hydroxylation is 1. The third kappa shape index (κ3) is 4.78. The molecule has 0 saturated carbocycles. The summed E-state index contributed by atoms with van der Waals surface area (Å²) < 4.78 is 0.884. The van der Waals surface area contributed by atoms with Crippen molar-refractivity contribution in [1.29, 1.82) is 0 Å². The number of likely N-dealkylation sites (tertiary alicyclic amines) is 1. The molecule has 1 saturated heterocycles. The first-order chi connectivity index (χ1) is 11.2. The van der Waals surface area contributed by atoms with E-state index in [1.165, 1.54) is 17.3 Å². The van der Waals surface area contributed by atoms with Gasteiger partial charge in [-0.15, -0.1) is 10.2 Å². The highest BCUT2D eigenvalue weighted by molar-refractivity contribution is 8.01. The Morgan fingerprint density at radius 3 is 2.65 bits per heavy atom. The molecule has 23 heavy (non-hydrogen) atoms. The zero-order chi connectivity index (χ0) is 16.1. The summed E-state index contributed by atoms with van der Waals surface area (Å²) >= 11 is 3.05. The number of thioether (sulfide) groups is 1. The largest absolute Gasteiger partial charge is 0.342 e. The van der Waals surface area contributed by atoms with Crippen molar-refractivity contribution >= 4 is 29.0 Å². The number of amides is 1. The minimum absolute atomic E-state index is 0.223. The van der Waals surface area contributed by atoms with Crippen LogP contribution in [0.3, 0.4) is 0 Å². The molecule has 4 nitrogen and oxygen atoms in total. The fraction of sp³-hybridized carbons (Fsp3) is 0.471. The van der Waals surface area contributed by atoms with E-state index in [4.69, 9.17) is 0 Å². The highest BCUT2D eigenvalue weighted by Crippen LogP contribution is 2.25. The Labute approximate surface area is 145 Å². The van der Waals surface area contributed by atoms with Gasteiger partial charge in [0.1, 0.15) is 5.01 Å². The summed E-state index contributed by atoms with van der Waals surface area (Å²) in [7, 11) is 0. The number of carbonyl (C=O) groups is 1. The van der Waals surface area contributed by atoms with Crippen molar-refractivity contribution in [2.45, 2.75) is 30.5 Å². The lowest BCUT2D eigenvalue weighted by atomic mass is 9.90. The molecule has 1 aliphatic heterocycles. The van der Waals surface area contributed by atoms with Crippen LogP contribution in [-0.4, -0.2) is 39.8 Å². The predicted molar refractivity (Wildman–Crippen MR) is 94.8 cm³/mol. The van der Waals surface area contributed by atoms with Crippen molar-refractivity contribution in [2.24, 2.45) is 5.92 Å². The van der Waals surface area contributed by atoms with Gasteiger partial charge < -0.3 is 4.90 Å². The second-order valence-electron chi connectivity index (χ2n) is 5.89. The van der Waals surface area contributed by atoms with E-state index >= 15 is 0 Å². The summed E-state index contributed by atoms with van der Waals surface area (Å²) in [5.74, 6) is 1.39. The van der Waals surface area contributed by atoms with Gasteiger partial charge in [-0.2, -0.15) is 0 Å². The van der Waals surface area contributed by atoms with Crippen LogP contribution in [0.1, 0.15) is 23.4 Å². The summed E-state index contributed by atoms with van der Waals surface area (Å²) in [6.07, 6.45) is 3.33. The Morgan fingerprint density at radius 2 is 2.00 bits per heavy atom. The van der Waals surface area contributed by atoms with E-state index in [2.05, 4.69) is 40.5 Å². The summed E-state index contributed by atoms with van der Waals surface area (Å²) in [5.41, 5.74) is 1.40. The zero-order valence-electron chi connectivity index (χ0n) is 13.3. The van der Waals surface area contributed by atoms with Gasteiger partial charge in [0.25, 0.3) is 0 Å². The van der Waals surface area contributed by atoms with Crippen LogP contribution in [0.25, 0.3) is 0 Å². The van der Waals surface area contributed by atoms with E-state index in [1.807, 2.05) is 11.8 Å². The number of carbonyl (C=O) groups excluding carboxylic acids is 1. The summed E-state index contributed by atoms with van der Waals surface area (Å²) in [6.45, 7) is 3.69. The molecular formula is C17H21N3OS2. The lowest BCUT2D eigenvalue weighted by Gasteiger charge is -2.32. The predicted octanol–water partition coefficient (Wildman–Crippen LogP) is 3.42. The van der Waals surface area contributed by atoms with Gasteiger partial charge >= 0.3 is 0 Å². The van der Waals surface area contributed by atoms with E-state index in [-0.39, 0.29) is 5.91 Å². The Morgan fingerprint density at radius 1 is 1.26 bits per heavy atom. The highest BCUT2D eigenvalue weighted by atomic mass is 32.2. The van der Waals surface area contributed by atoms with Crippen molar-refractivity contribution in [2.75, 3.05) is 18.8 Å². The molecule has 122 valence electrons. The van der Waals surface area contributed by atoms with Gasteiger partial charge in [-0.05, 0) is 37.7 Å². The van der Waals surface area contributed by atoms with Crippen LogP contribution in [0.4, 0.5) is 0 Å². The summed E-state index contributed by atoms with van der Waals surface area (Å²) in [5, 5.41) is 8.98. The second-order valence-corrected chi connectivity index (χ2v) is 8.29. The number of benzene rings is 1. The number of hydrogen-bond acceptors (Lipinski definition) is 5. The van der Waals surface area contributed by atoms with Gasteiger partial charge in [-0.3, -0.25) is 4.79 Å². The first kappa shape index (κ1) is 16.5. The maximum absolute atomic E-state index is 12.3. The molecule has 0 N–H and O–H groups in total. The molecule has 1 fully saturated rings. The zero-order valence-corrected chi connectivity index (χ0v) is 14.9. The topological polar surface area (TPSA) is 46.1 Å². The van der Waals surface area contributed by atoms with Crippen LogP contribution in [0, 0.1) is 12.8 Å². The average Bonchev–Trinajstić information content (AvgIpc) is 3.00. The van der Waals surface area contributed by atoms with Crippen molar-refractivity contribution < 1.29 is 4.79 Å². The lowest BCUT2D eigenvalue weighted by Crippen LogP contribution is -2.39. The first-order valence-electron chi connectivity index (χ1n) is 7.95. The van der Waals surface area contributed by atoms with Crippen LogP contribution in [0.2, 0.25) is 0 Å². The van der Waals surface area contributed by atoms with E-state index in [0.29, 0.717) is 11.7 Å². The molecule has 1 amide bonds. The number of nitrogens with zero attached hydrogens (tertiary/aromatic N) is 3. The van der Waals surface area contributed by atoms with Crippen LogP contribution in [0.5, 0.6) is 0 Å². The minimum Gasteiger partial charge on any atom is -0.342 e. The van der Waals surface area contributed by atoms with Gasteiger partial charge in [-0.25, -0.2) is 0 Å². The van der Waals surface area contributed by atoms with Gasteiger partial charge in [0, 0.05) is 13.1 Å². The molecule has 0 aliphatic carbocycles. The number of rotatable bonds is 5. The van der Waals surface area contributed by atoms with Gasteiger partial charge in [0.2, 0.25) is 5.91 Å². The molecule has 2 aromatic rings. The number of hydrogen-bond donors (Lipinski definition) is 0. The second kappa shape index (κ2) is 7.93. The number of aromatic nitrogens is 2. The summed E-state index contributed by atoms with van der Waals surface area (Å²) in [6, 6.07) is 10.6. The molecule has 1 aromatic heterocycles. The molecule has 6 heteroatoms. The molecule has 2 heterocycles. The molecule has 1 aromatic carbocycles. The van der Waals surface area contributed by atoms with E-state index in [1.54, 1.807) is 11.3 Å². The highest BCUT2D eigenvalue weighted by Gasteiger charge is 2.23. The van der Waals surface area contributed by atoms with E-state index in [9.17, 15) is 4.79 Å². The molecule has 0 atom stereocenters. The minimum atomic E-state index is 0.223. The SMILES string of the molecule is Cc1nnc(SCC(=O)N2CCC(Cc3ccccc3)CC2)s1.